The van der Waals surface area contributed by atoms with E-state index in [1.165, 1.54) is 5.56 Å². The SMILES string of the molecule is CN=NC(C)c1ccccc1. The molecule has 0 aliphatic rings. The first-order valence-corrected chi connectivity index (χ1v) is 3.68. The first-order valence-electron chi connectivity index (χ1n) is 3.68. The van der Waals surface area contributed by atoms with Gasteiger partial charge in [0.1, 0.15) is 0 Å². The molecule has 1 unspecified atom stereocenters. The van der Waals surface area contributed by atoms with Gasteiger partial charge in [0.2, 0.25) is 0 Å². The fourth-order valence-electron chi connectivity index (χ4n) is 0.971. The largest absolute Gasteiger partial charge is 0.197 e. The van der Waals surface area contributed by atoms with Crippen molar-refractivity contribution in [2.45, 2.75) is 13.0 Å². The Morgan fingerprint density at radius 1 is 1.18 bits per heavy atom. The van der Waals surface area contributed by atoms with Crippen molar-refractivity contribution in [3.05, 3.63) is 35.9 Å². The predicted molar refractivity (Wildman–Crippen MR) is 45.6 cm³/mol. The number of hydrogen-bond donors (Lipinski definition) is 0. The standard InChI is InChI=1S/C9H12N2/c1-8(11-10-2)9-6-4-3-5-7-9/h3-8H,1-2H3. The second-order valence-corrected chi connectivity index (χ2v) is 2.40. The molecular formula is C9H12N2. The summed E-state index contributed by atoms with van der Waals surface area (Å²) in [5.41, 5.74) is 1.21. The zero-order valence-corrected chi connectivity index (χ0v) is 6.86. The van der Waals surface area contributed by atoms with Crippen LogP contribution >= 0.6 is 0 Å². The molecule has 0 N–H and O–H groups in total. The van der Waals surface area contributed by atoms with Gasteiger partial charge in [-0.25, -0.2) is 0 Å². The molecule has 0 heterocycles. The molecule has 0 saturated carbocycles. The van der Waals surface area contributed by atoms with Gasteiger partial charge in [0.15, 0.2) is 0 Å². The minimum atomic E-state index is 0.182. The van der Waals surface area contributed by atoms with E-state index in [9.17, 15) is 0 Å². The Kier molecular flexibility index (Phi) is 2.78. The monoisotopic (exact) mass is 148 g/mol. The van der Waals surface area contributed by atoms with Gasteiger partial charge in [-0.15, -0.1) is 0 Å². The lowest BCUT2D eigenvalue weighted by Crippen LogP contribution is -1.86. The highest BCUT2D eigenvalue weighted by Crippen LogP contribution is 2.15. The van der Waals surface area contributed by atoms with Gasteiger partial charge in [-0.05, 0) is 12.5 Å². The van der Waals surface area contributed by atoms with Crippen LogP contribution in [0.4, 0.5) is 0 Å². The van der Waals surface area contributed by atoms with Crippen molar-refractivity contribution < 1.29 is 0 Å². The van der Waals surface area contributed by atoms with Crippen LogP contribution in [0.5, 0.6) is 0 Å². The molecule has 0 bridgehead atoms. The summed E-state index contributed by atoms with van der Waals surface area (Å²) in [4.78, 5) is 0. The van der Waals surface area contributed by atoms with E-state index in [-0.39, 0.29) is 6.04 Å². The minimum absolute atomic E-state index is 0.182. The molecule has 0 radical (unpaired) electrons. The summed E-state index contributed by atoms with van der Waals surface area (Å²) in [5, 5.41) is 7.76. The van der Waals surface area contributed by atoms with Crippen molar-refractivity contribution in [2.75, 3.05) is 7.05 Å². The number of azo groups is 1. The lowest BCUT2D eigenvalue weighted by Gasteiger charge is -2.02. The van der Waals surface area contributed by atoms with Gasteiger partial charge < -0.3 is 0 Å². The molecule has 0 aliphatic carbocycles. The minimum Gasteiger partial charge on any atom is -0.197 e. The highest BCUT2D eigenvalue weighted by molar-refractivity contribution is 5.17. The number of benzene rings is 1. The molecule has 1 atom stereocenters. The number of rotatable bonds is 2. The van der Waals surface area contributed by atoms with Crippen LogP contribution in [-0.2, 0) is 0 Å². The summed E-state index contributed by atoms with van der Waals surface area (Å²) >= 11 is 0. The molecule has 0 spiro atoms. The fourth-order valence-corrected chi connectivity index (χ4v) is 0.971. The third kappa shape index (κ3) is 2.15. The molecule has 2 heteroatoms. The van der Waals surface area contributed by atoms with Crippen molar-refractivity contribution in [2.24, 2.45) is 10.2 Å². The van der Waals surface area contributed by atoms with E-state index in [0.717, 1.165) is 0 Å². The van der Waals surface area contributed by atoms with E-state index in [1.807, 2.05) is 25.1 Å². The summed E-state index contributed by atoms with van der Waals surface area (Å²) in [5.74, 6) is 0. The lowest BCUT2D eigenvalue weighted by molar-refractivity contribution is 0.753. The van der Waals surface area contributed by atoms with Crippen molar-refractivity contribution in [3.63, 3.8) is 0 Å². The average molecular weight is 148 g/mol. The maximum atomic E-state index is 4.02. The van der Waals surface area contributed by atoms with E-state index in [4.69, 9.17) is 0 Å². The molecule has 0 aliphatic heterocycles. The summed E-state index contributed by atoms with van der Waals surface area (Å²) < 4.78 is 0. The molecule has 1 aromatic rings. The maximum Gasteiger partial charge on any atom is 0.0929 e. The van der Waals surface area contributed by atoms with E-state index in [2.05, 4.69) is 22.4 Å². The fraction of sp³-hybridized carbons (Fsp3) is 0.333. The van der Waals surface area contributed by atoms with E-state index < -0.39 is 0 Å². The Bertz CT molecular complexity index is 229. The summed E-state index contributed by atoms with van der Waals surface area (Å²) in [7, 11) is 1.69. The first-order chi connectivity index (χ1) is 5.34. The lowest BCUT2D eigenvalue weighted by atomic mass is 10.1. The normalized spacial score (nSPS) is 13.6. The van der Waals surface area contributed by atoms with E-state index in [0.29, 0.717) is 0 Å². The van der Waals surface area contributed by atoms with Crippen LogP contribution in [0.25, 0.3) is 0 Å². The van der Waals surface area contributed by atoms with Gasteiger partial charge in [-0.2, -0.15) is 10.2 Å². The quantitative estimate of drug-likeness (QED) is 0.576. The van der Waals surface area contributed by atoms with Crippen LogP contribution in [0.2, 0.25) is 0 Å². The van der Waals surface area contributed by atoms with Crippen molar-refractivity contribution in [1.29, 1.82) is 0 Å². The van der Waals surface area contributed by atoms with Gasteiger partial charge in [-0.3, -0.25) is 0 Å². The van der Waals surface area contributed by atoms with Crippen LogP contribution in [-0.4, -0.2) is 7.05 Å². The Morgan fingerprint density at radius 2 is 1.82 bits per heavy atom. The van der Waals surface area contributed by atoms with Crippen molar-refractivity contribution in [1.82, 2.24) is 0 Å². The molecule has 58 valence electrons. The van der Waals surface area contributed by atoms with Crippen molar-refractivity contribution in [3.8, 4) is 0 Å². The Hall–Kier alpha value is -1.18. The molecule has 0 amide bonds. The van der Waals surface area contributed by atoms with Gasteiger partial charge in [-0.1, -0.05) is 30.3 Å². The van der Waals surface area contributed by atoms with Crippen LogP contribution in [0.1, 0.15) is 18.5 Å². The molecule has 0 fully saturated rings. The molecule has 0 aromatic heterocycles. The number of nitrogens with zero attached hydrogens (tertiary/aromatic N) is 2. The third-order valence-electron chi connectivity index (χ3n) is 1.57. The summed E-state index contributed by atoms with van der Waals surface area (Å²) in [6, 6.07) is 10.3. The predicted octanol–water partition coefficient (Wildman–Crippen LogP) is 2.83. The summed E-state index contributed by atoms with van der Waals surface area (Å²) in [6.45, 7) is 2.03. The Balaban J connectivity index is 2.76. The third-order valence-corrected chi connectivity index (χ3v) is 1.57. The topological polar surface area (TPSA) is 24.7 Å². The average Bonchev–Trinajstić information content (AvgIpc) is 2.07. The van der Waals surface area contributed by atoms with Crippen LogP contribution in [0.15, 0.2) is 40.6 Å². The molecule has 0 saturated heterocycles. The second-order valence-electron chi connectivity index (χ2n) is 2.40. The molecule has 11 heavy (non-hydrogen) atoms. The van der Waals surface area contributed by atoms with Crippen molar-refractivity contribution >= 4 is 0 Å². The van der Waals surface area contributed by atoms with Gasteiger partial charge in [0.05, 0.1) is 6.04 Å². The Labute approximate surface area is 67.0 Å². The van der Waals surface area contributed by atoms with E-state index in [1.54, 1.807) is 7.05 Å². The first kappa shape index (κ1) is 7.92. The molecule has 2 nitrogen and oxygen atoms in total. The van der Waals surface area contributed by atoms with Crippen LogP contribution < -0.4 is 0 Å². The maximum absolute atomic E-state index is 4.02. The number of hydrogen-bond acceptors (Lipinski definition) is 2. The van der Waals surface area contributed by atoms with E-state index >= 15 is 0 Å². The Morgan fingerprint density at radius 3 is 2.36 bits per heavy atom. The second kappa shape index (κ2) is 3.86. The smallest absolute Gasteiger partial charge is 0.0929 e. The zero-order chi connectivity index (χ0) is 8.10. The van der Waals surface area contributed by atoms with Gasteiger partial charge in [0, 0.05) is 7.05 Å². The zero-order valence-electron chi connectivity index (χ0n) is 6.86. The van der Waals surface area contributed by atoms with Gasteiger partial charge in [0.25, 0.3) is 0 Å². The van der Waals surface area contributed by atoms with Gasteiger partial charge >= 0.3 is 0 Å². The highest BCUT2D eigenvalue weighted by Gasteiger charge is 1.99. The molecule has 1 rings (SSSR count). The molecule has 1 aromatic carbocycles. The summed E-state index contributed by atoms with van der Waals surface area (Å²) in [6.07, 6.45) is 0. The van der Waals surface area contributed by atoms with Crippen LogP contribution in [0, 0.1) is 0 Å². The highest BCUT2D eigenvalue weighted by atomic mass is 15.1. The van der Waals surface area contributed by atoms with Crippen LogP contribution in [0.3, 0.4) is 0 Å². The molecular weight excluding hydrogens is 136 g/mol.